The maximum atomic E-state index is 13.2. The first-order valence-corrected chi connectivity index (χ1v) is 17.9. The Labute approximate surface area is 308 Å². The van der Waals surface area contributed by atoms with Crippen LogP contribution in [0.4, 0.5) is 9.59 Å². The number of alkyl carbamates (subject to hydrolysis) is 2. The standard InChI is InChI=1S/C40H58N2O10/c1-10-26(3)35(31(43)21-33(45)51-39(5,6)7)42-38(48)50-25-30-19-15-18-29(20-30)23-40(8,9)52-34(46)22-32(44)36(27(4)11-2)41-37(47)49-24-28-16-13-12-14-17-28/h12-20,26-27,31,35-36,43H,10-11,21-25H2,1-9H3,(H,41,47)(H,42,48)/t26?,27?,31-,35+,36+/m1/s1. The number of rotatable bonds is 19. The summed E-state index contributed by atoms with van der Waals surface area (Å²) in [5, 5.41) is 16.1. The normalized spacial score (nSPS) is 14.5. The molecule has 2 unspecified atom stereocenters. The molecule has 2 aromatic carbocycles. The number of aliphatic hydroxyl groups is 1. The van der Waals surface area contributed by atoms with Crippen molar-refractivity contribution in [1.82, 2.24) is 10.6 Å². The molecular formula is C40H58N2O10. The van der Waals surface area contributed by atoms with Gasteiger partial charge in [0.15, 0.2) is 5.78 Å². The Hall–Kier alpha value is -4.45. The van der Waals surface area contributed by atoms with E-state index in [9.17, 15) is 29.1 Å². The molecule has 12 heteroatoms. The van der Waals surface area contributed by atoms with Gasteiger partial charge in [0.05, 0.1) is 24.6 Å². The average molecular weight is 727 g/mol. The van der Waals surface area contributed by atoms with Crippen LogP contribution in [0.25, 0.3) is 0 Å². The number of carbonyl (C=O) groups is 5. The number of benzene rings is 2. The Bertz CT molecular complexity index is 1470. The van der Waals surface area contributed by atoms with Crippen molar-refractivity contribution in [1.29, 1.82) is 0 Å². The van der Waals surface area contributed by atoms with Gasteiger partial charge in [-0.25, -0.2) is 9.59 Å². The minimum atomic E-state index is -1.17. The Morgan fingerprint density at radius 3 is 1.87 bits per heavy atom. The molecule has 0 bridgehead atoms. The van der Waals surface area contributed by atoms with Crippen molar-refractivity contribution in [3.63, 3.8) is 0 Å². The molecule has 0 saturated heterocycles. The van der Waals surface area contributed by atoms with Crippen molar-refractivity contribution >= 4 is 29.9 Å². The van der Waals surface area contributed by atoms with E-state index in [4.69, 9.17) is 18.9 Å². The highest BCUT2D eigenvalue weighted by Crippen LogP contribution is 2.21. The van der Waals surface area contributed by atoms with Crippen LogP contribution in [0, 0.1) is 11.8 Å². The van der Waals surface area contributed by atoms with Crippen LogP contribution in [0.2, 0.25) is 0 Å². The van der Waals surface area contributed by atoms with Gasteiger partial charge in [-0.1, -0.05) is 95.1 Å². The molecule has 0 aliphatic heterocycles. The zero-order valence-electron chi connectivity index (χ0n) is 32.2. The van der Waals surface area contributed by atoms with Crippen molar-refractivity contribution in [3.8, 4) is 0 Å². The minimum absolute atomic E-state index is 0.0467. The van der Waals surface area contributed by atoms with Crippen molar-refractivity contribution in [2.24, 2.45) is 11.8 Å². The molecule has 0 spiro atoms. The second-order valence-corrected chi connectivity index (χ2v) is 14.9. The van der Waals surface area contributed by atoms with Crippen molar-refractivity contribution in [3.05, 3.63) is 71.3 Å². The fraction of sp³-hybridized carbons (Fsp3) is 0.575. The number of nitrogens with one attached hydrogen (secondary N) is 2. The summed E-state index contributed by atoms with van der Waals surface area (Å²) in [7, 11) is 0. The largest absolute Gasteiger partial charge is 0.460 e. The lowest BCUT2D eigenvalue weighted by molar-refractivity contribution is -0.159. The molecule has 2 aromatic rings. The molecule has 2 rings (SSSR count). The molecule has 0 radical (unpaired) electrons. The number of ketones is 1. The van der Waals surface area contributed by atoms with Gasteiger partial charge in [-0.3, -0.25) is 14.4 Å². The molecule has 2 amide bonds. The van der Waals surface area contributed by atoms with Gasteiger partial charge in [0.25, 0.3) is 0 Å². The average Bonchev–Trinajstić information content (AvgIpc) is 3.06. The number of hydrogen-bond acceptors (Lipinski definition) is 10. The topological polar surface area (TPSA) is 167 Å². The first kappa shape index (κ1) is 43.7. The fourth-order valence-electron chi connectivity index (χ4n) is 5.50. The smallest absolute Gasteiger partial charge is 0.408 e. The van der Waals surface area contributed by atoms with E-state index in [-0.39, 0.29) is 31.5 Å². The SMILES string of the molecule is CCC(C)[C@H](NC(=O)OCc1ccccc1)C(=O)CC(=O)OC(C)(C)Cc1cccc(COC(=O)N[C@@H](C(C)CC)[C@H](O)CC(=O)OC(C)(C)C)c1. The monoisotopic (exact) mass is 726 g/mol. The summed E-state index contributed by atoms with van der Waals surface area (Å²) in [5.41, 5.74) is 0.598. The van der Waals surface area contributed by atoms with Gasteiger partial charge in [0, 0.05) is 6.42 Å². The molecule has 0 aromatic heterocycles. The van der Waals surface area contributed by atoms with E-state index < -0.39 is 65.7 Å². The summed E-state index contributed by atoms with van der Waals surface area (Å²) in [6, 6.07) is 14.7. The Morgan fingerprint density at radius 2 is 1.27 bits per heavy atom. The molecule has 288 valence electrons. The van der Waals surface area contributed by atoms with Crippen molar-refractivity contribution < 1.29 is 48.0 Å². The van der Waals surface area contributed by atoms with E-state index >= 15 is 0 Å². The lowest BCUT2D eigenvalue weighted by Gasteiger charge is -2.29. The summed E-state index contributed by atoms with van der Waals surface area (Å²) in [5.74, 6) is -2.15. The predicted molar refractivity (Wildman–Crippen MR) is 196 cm³/mol. The van der Waals surface area contributed by atoms with E-state index in [0.717, 1.165) is 11.1 Å². The van der Waals surface area contributed by atoms with E-state index in [1.54, 1.807) is 46.8 Å². The maximum absolute atomic E-state index is 13.2. The van der Waals surface area contributed by atoms with Crippen molar-refractivity contribution in [2.45, 2.75) is 137 Å². The highest BCUT2D eigenvalue weighted by atomic mass is 16.6. The summed E-state index contributed by atoms with van der Waals surface area (Å²) >= 11 is 0. The van der Waals surface area contributed by atoms with Crippen LogP contribution in [0.1, 0.15) is 105 Å². The van der Waals surface area contributed by atoms with Gasteiger partial charge in [-0.15, -0.1) is 0 Å². The van der Waals surface area contributed by atoms with Crippen LogP contribution in [0.3, 0.4) is 0 Å². The number of amides is 2. The number of carbonyl (C=O) groups excluding carboxylic acids is 5. The fourth-order valence-corrected chi connectivity index (χ4v) is 5.50. The quantitative estimate of drug-likeness (QED) is 0.0817. The predicted octanol–water partition coefficient (Wildman–Crippen LogP) is 6.58. The van der Waals surface area contributed by atoms with Crippen LogP contribution in [-0.2, 0) is 53.0 Å². The van der Waals surface area contributed by atoms with Crippen molar-refractivity contribution in [2.75, 3.05) is 0 Å². The van der Waals surface area contributed by atoms with Crippen LogP contribution in [-0.4, -0.2) is 64.4 Å². The van der Waals surface area contributed by atoms with E-state index in [1.807, 2.05) is 70.2 Å². The summed E-state index contributed by atoms with van der Waals surface area (Å²) < 4.78 is 21.8. The summed E-state index contributed by atoms with van der Waals surface area (Å²) in [6.07, 6.45) is -1.92. The Morgan fingerprint density at radius 1 is 0.712 bits per heavy atom. The third-order valence-corrected chi connectivity index (χ3v) is 8.50. The van der Waals surface area contributed by atoms with Gasteiger partial charge in [-0.2, -0.15) is 0 Å². The maximum Gasteiger partial charge on any atom is 0.408 e. The molecule has 0 heterocycles. The van der Waals surface area contributed by atoms with Gasteiger partial charge >= 0.3 is 24.1 Å². The van der Waals surface area contributed by atoms with E-state index in [0.29, 0.717) is 24.8 Å². The second-order valence-electron chi connectivity index (χ2n) is 14.9. The lowest BCUT2D eigenvalue weighted by Crippen LogP contribution is -2.48. The molecular weight excluding hydrogens is 668 g/mol. The lowest BCUT2D eigenvalue weighted by atomic mass is 9.93. The summed E-state index contributed by atoms with van der Waals surface area (Å²) in [6.45, 7) is 16.1. The Kier molecular flexibility index (Phi) is 17.3. The van der Waals surface area contributed by atoms with E-state index in [2.05, 4.69) is 10.6 Å². The minimum Gasteiger partial charge on any atom is -0.460 e. The highest BCUT2D eigenvalue weighted by molar-refractivity contribution is 5.99. The van der Waals surface area contributed by atoms with E-state index in [1.165, 1.54) is 0 Å². The van der Waals surface area contributed by atoms with Crippen LogP contribution < -0.4 is 10.6 Å². The van der Waals surface area contributed by atoms with Gasteiger partial charge in [0.2, 0.25) is 0 Å². The molecule has 52 heavy (non-hydrogen) atoms. The molecule has 0 aliphatic carbocycles. The number of hydrogen-bond donors (Lipinski definition) is 3. The first-order chi connectivity index (χ1) is 24.3. The van der Waals surface area contributed by atoms with Gasteiger partial charge in [0.1, 0.15) is 30.8 Å². The van der Waals surface area contributed by atoms with Crippen LogP contribution in [0.15, 0.2) is 54.6 Å². The van der Waals surface area contributed by atoms with Crippen LogP contribution >= 0.6 is 0 Å². The molecule has 5 atom stereocenters. The van der Waals surface area contributed by atoms with Gasteiger partial charge < -0.3 is 34.7 Å². The van der Waals surface area contributed by atoms with Crippen LogP contribution in [0.5, 0.6) is 0 Å². The molecule has 3 N–H and O–H groups in total. The molecule has 0 aliphatic rings. The zero-order valence-corrected chi connectivity index (χ0v) is 32.2. The molecule has 0 fully saturated rings. The number of aliphatic hydroxyl groups excluding tert-OH is 1. The third-order valence-electron chi connectivity index (χ3n) is 8.50. The highest BCUT2D eigenvalue weighted by Gasteiger charge is 2.32. The van der Waals surface area contributed by atoms with Gasteiger partial charge in [-0.05, 0) is 63.1 Å². The zero-order chi connectivity index (χ0) is 39.1. The number of Topliss-reactive ketones (excluding diaryl/α,β-unsaturated/α-hetero) is 1. The third kappa shape index (κ3) is 16.3. The Balaban J connectivity index is 1.94. The molecule has 12 nitrogen and oxygen atoms in total. The molecule has 0 saturated carbocycles. The summed E-state index contributed by atoms with van der Waals surface area (Å²) in [4.78, 5) is 63.7. The number of ether oxygens (including phenoxy) is 4. The number of esters is 2. The second kappa shape index (κ2) is 20.6. The first-order valence-electron chi connectivity index (χ1n) is 17.9.